The summed E-state index contributed by atoms with van der Waals surface area (Å²) in [7, 11) is 2.89. The Balaban J connectivity index is 2.35. The van der Waals surface area contributed by atoms with Crippen LogP contribution in [0.4, 0.5) is 13.2 Å². The highest BCUT2D eigenvalue weighted by molar-refractivity contribution is 5.75. The van der Waals surface area contributed by atoms with Crippen LogP contribution in [0.2, 0.25) is 0 Å². The minimum atomic E-state index is -4.09. The lowest BCUT2D eigenvalue weighted by atomic mass is 9.80. The maximum Gasteiger partial charge on any atom is 0.391 e. The second-order valence-electron chi connectivity index (χ2n) is 4.54. The predicted octanol–water partition coefficient (Wildman–Crippen LogP) is 2.77. The van der Waals surface area contributed by atoms with E-state index in [-0.39, 0.29) is 31.1 Å². The molecule has 0 bridgehead atoms. The lowest BCUT2D eigenvalue weighted by Gasteiger charge is -2.30. The lowest BCUT2D eigenvalue weighted by Crippen LogP contribution is -2.31. The highest BCUT2D eigenvalue weighted by Gasteiger charge is 2.41. The Labute approximate surface area is 98.9 Å². The minimum absolute atomic E-state index is 0.0544. The summed E-state index contributed by atoms with van der Waals surface area (Å²) in [5.74, 6) is -1.31. The lowest BCUT2D eigenvalue weighted by molar-refractivity contribution is -0.185. The van der Waals surface area contributed by atoms with Crippen molar-refractivity contribution in [3.05, 3.63) is 0 Å². The van der Waals surface area contributed by atoms with Crippen molar-refractivity contribution in [2.45, 2.75) is 38.3 Å². The number of carbonyl (C=O) groups excluding carboxylic acids is 1. The molecule has 0 heterocycles. The van der Waals surface area contributed by atoms with Crippen molar-refractivity contribution in [3.8, 4) is 0 Å². The molecule has 1 saturated carbocycles. The van der Waals surface area contributed by atoms with E-state index < -0.39 is 12.1 Å². The van der Waals surface area contributed by atoms with Gasteiger partial charge in [-0.3, -0.25) is 9.63 Å². The zero-order chi connectivity index (χ0) is 13.1. The molecule has 1 amide bonds. The van der Waals surface area contributed by atoms with Gasteiger partial charge in [-0.25, -0.2) is 5.06 Å². The fourth-order valence-electron chi connectivity index (χ4n) is 2.17. The van der Waals surface area contributed by atoms with Gasteiger partial charge >= 0.3 is 6.18 Å². The molecule has 100 valence electrons. The zero-order valence-electron chi connectivity index (χ0n) is 10.1. The number of hydroxylamine groups is 2. The van der Waals surface area contributed by atoms with Crippen LogP contribution in [0.15, 0.2) is 0 Å². The fraction of sp³-hybridized carbons (Fsp3) is 0.909. The summed E-state index contributed by atoms with van der Waals surface area (Å²) in [6, 6.07) is 0. The van der Waals surface area contributed by atoms with Crippen LogP contribution >= 0.6 is 0 Å². The summed E-state index contributed by atoms with van der Waals surface area (Å²) in [6.07, 6.45) is -2.61. The number of amides is 1. The van der Waals surface area contributed by atoms with Gasteiger partial charge in [0.05, 0.1) is 13.0 Å². The predicted molar refractivity (Wildman–Crippen MR) is 55.9 cm³/mol. The molecule has 0 aromatic heterocycles. The van der Waals surface area contributed by atoms with E-state index in [1.807, 2.05) is 0 Å². The third-order valence-electron chi connectivity index (χ3n) is 3.40. The second-order valence-corrected chi connectivity index (χ2v) is 4.54. The van der Waals surface area contributed by atoms with Gasteiger partial charge in [0, 0.05) is 13.5 Å². The summed E-state index contributed by atoms with van der Waals surface area (Å²) in [6.45, 7) is 0. The smallest absolute Gasteiger partial charge is 0.275 e. The molecule has 1 aliphatic rings. The SMILES string of the molecule is CON(C)C(=O)CC1CCC(C(F)(F)F)CC1. The molecule has 0 unspecified atom stereocenters. The van der Waals surface area contributed by atoms with E-state index >= 15 is 0 Å². The van der Waals surface area contributed by atoms with Crippen LogP contribution in [0.3, 0.4) is 0 Å². The highest BCUT2D eigenvalue weighted by atomic mass is 19.4. The number of rotatable bonds is 3. The maximum atomic E-state index is 12.4. The van der Waals surface area contributed by atoms with Gasteiger partial charge in [-0.15, -0.1) is 0 Å². The van der Waals surface area contributed by atoms with Gasteiger partial charge in [-0.2, -0.15) is 13.2 Å². The molecule has 3 nitrogen and oxygen atoms in total. The summed E-state index contributed by atoms with van der Waals surface area (Å²) in [5, 5.41) is 1.12. The number of hydrogen-bond acceptors (Lipinski definition) is 2. The van der Waals surface area contributed by atoms with Crippen molar-refractivity contribution in [1.29, 1.82) is 0 Å². The number of hydrogen-bond donors (Lipinski definition) is 0. The van der Waals surface area contributed by atoms with Gasteiger partial charge in [-0.05, 0) is 31.6 Å². The van der Waals surface area contributed by atoms with Gasteiger partial charge in [0.15, 0.2) is 0 Å². The number of nitrogens with zero attached hydrogens (tertiary/aromatic N) is 1. The zero-order valence-corrected chi connectivity index (χ0v) is 10.1. The fourth-order valence-corrected chi connectivity index (χ4v) is 2.17. The van der Waals surface area contributed by atoms with Crippen molar-refractivity contribution >= 4 is 5.91 Å². The summed E-state index contributed by atoms with van der Waals surface area (Å²) >= 11 is 0. The van der Waals surface area contributed by atoms with Crippen LogP contribution in [-0.2, 0) is 9.63 Å². The molecule has 1 fully saturated rings. The van der Waals surface area contributed by atoms with Crippen molar-refractivity contribution in [2.75, 3.05) is 14.2 Å². The average Bonchev–Trinajstić information content (AvgIpc) is 2.27. The Morgan fingerprint density at radius 2 is 1.82 bits per heavy atom. The van der Waals surface area contributed by atoms with E-state index in [1.165, 1.54) is 14.2 Å². The Morgan fingerprint density at radius 1 is 1.29 bits per heavy atom. The second kappa shape index (κ2) is 5.71. The van der Waals surface area contributed by atoms with Crippen LogP contribution in [0, 0.1) is 11.8 Å². The van der Waals surface area contributed by atoms with E-state index in [9.17, 15) is 18.0 Å². The molecule has 0 radical (unpaired) electrons. The topological polar surface area (TPSA) is 29.5 Å². The average molecular weight is 253 g/mol. The van der Waals surface area contributed by atoms with Crippen LogP contribution in [0.25, 0.3) is 0 Å². The van der Waals surface area contributed by atoms with Gasteiger partial charge in [0.25, 0.3) is 0 Å². The van der Waals surface area contributed by atoms with Gasteiger partial charge in [-0.1, -0.05) is 0 Å². The first-order valence-electron chi connectivity index (χ1n) is 5.72. The molecule has 0 aromatic rings. The van der Waals surface area contributed by atoms with E-state index in [1.54, 1.807) is 0 Å². The highest BCUT2D eigenvalue weighted by Crippen LogP contribution is 2.40. The van der Waals surface area contributed by atoms with Crippen LogP contribution in [0.1, 0.15) is 32.1 Å². The molecule has 6 heteroatoms. The molecule has 0 aromatic carbocycles. The molecule has 0 aliphatic heterocycles. The maximum absolute atomic E-state index is 12.4. The van der Waals surface area contributed by atoms with Gasteiger partial charge in [0.1, 0.15) is 0 Å². The molecule has 0 saturated heterocycles. The number of alkyl halides is 3. The van der Waals surface area contributed by atoms with E-state index in [4.69, 9.17) is 4.84 Å². The molecule has 0 N–H and O–H groups in total. The summed E-state index contributed by atoms with van der Waals surface area (Å²) in [4.78, 5) is 16.2. The molecule has 17 heavy (non-hydrogen) atoms. The first-order chi connectivity index (χ1) is 7.84. The van der Waals surface area contributed by atoms with Crippen molar-refractivity contribution in [1.82, 2.24) is 5.06 Å². The normalized spacial score (nSPS) is 25.7. The molecule has 1 rings (SSSR count). The Morgan fingerprint density at radius 3 is 2.24 bits per heavy atom. The third kappa shape index (κ3) is 4.18. The Kier molecular flexibility index (Phi) is 4.80. The molecular formula is C11H18F3NO2. The van der Waals surface area contributed by atoms with Crippen LogP contribution in [-0.4, -0.2) is 31.3 Å². The molecule has 0 atom stereocenters. The first kappa shape index (κ1) is 14.3. The van der Waals surface area contributed by atoms with Gasteiger partial charge < -0.3 is 0 Å². The molecule has 1 aliphatic carbocycles. The Bertz CT molecular complexity index is 260. The monoisotopic (exact) mass is 253 g/mol. The van der Waals surface area contributed by atoms with E-state index in [0.717, 1.165) is 5.06 Å². The largest absolute Gasteiger partial charge is 0.391 e. The van der Waals surface area contributed by atoms with Gasteiger partial charge in [0.2, 0.25) is 5.91 Å². The summed E-state index contributed by atoms with van der Waals surface area (Å²) in [5.41, 5.74) is 0. The van der Waals surface area contributed by atoms with E-state index in [0.29, 0.717) is 12.8 Å². The van der Waals surface area contributed by atoms with E-state index in [2.05, 4.69) is 0 Å². The Hall–Kier alpha value is -0.780. The number of carbonyl (C=O) groups is 1. The summed E-state index contributed by atoms with van der Waals surface area (Å²) < 4.78 is 37.3. The number of halogens is 3. The third-order valence-corrected chi connectivity index (χ3v) is 3.40. The van der Waals surface area contributed by atoms with Crippen LogP contribution < -0.4 is 0 Å². The van der Waals surface area contributed by atoms with Crippen LogP contribution in [0.5, 0.6) is 0 Å². The molecular weight excluding hydrogens is 235 g/mol. The van der Waals surface area contributed by atoms with Crippen molar-refractivity contribution in [2.24, 2.45) is 11.8 Å². The van der Waals surface area contributed by atoms with Crippen molar-refractivity contribution in [3.63, 3.8) is 0 Å². The van der Waals surface area contributed by atoms with Crippen molar-refractivity contribution < 1.29 is 22.8 Å². The molecule has 0 spiro atoms. The first-order valence-corrected chi connectivity index (χ1v) is 5.72. The minimum Gasteiger partial charge on any atom is -0.275 e. The standard InChI is InChI=1S/C11H18F3NO2/c1-15(17-2)10(16)7-8-3-5-9(6-4-8)11(12,13)14/h8-9H,3-7H2,1-2H3. The quantitative estimate of drug-likeness (QED) is 0.724.